The van der Waals surface area contributed by atoms with Gasteiger partial charge in [0, 0.05) is 17.8 Å². The molecule has 0 bridgehead atoms. The molecule has 2 aromatic carbocycles. The normalized spacial score (nSPS) is 10.9. The van der Waals surface area contributed by atoms with Crippen molar-refractivity contribution in [1.29, 1.82) is 0 Å². The lowest BCUT2D eigenvalue weighted by Crippen LogP contribution is -2.23. The average molecular weight is 509 g/mol. The van der Waals surface area contributed by atoms with Crippen molar-refractivity contribution in [2.75, 3.05) is 43.3 Å². The van der Waals surface area contributed by atoms with E-state index in [1.807, 2.05) is 0 Å². The van der Waals surface area contributed by atoms with Crippen molar-refractivity contribution in [2.45, 2.75) is 6.92 Å². The molecule has 0 fully saturated rings. The van der Waals surface area contributed by atoms with Gasteiger partial charge in [-0.25, -0.2) is 14.5 Å². The van der Waals surface area contributed by atoms with Gasteiger partial charge in [-0.2, -0.15) is 13.4 Å². The lowest BCUT2D eigenvalue weighted by molar-refractivity contribution is 0.324. The average Bonchev–Trinajstić information content (AvgIpc) is 2.81. The van der Waals surface area contributed by atoms with Gasteiger partial charge in [-0.05, 0) is 19.1 Å². The smallest absolute Gasteiger partial charge is 0.296 e. The number of methoxy groups -OCH3 is 3. The first-order valence-electron chi connectivity index (χ1n) is 10.1. The summed E-state index contributed by atoms with van der Waals surface area (Å²) in [5, 5.41) is 10.8. The van der Waals surface area contributed by atoms with Crippen LogP contribution in [0.25, 0.3) is 0 Å². The maximum Gasteiger partial charge on any atom is 0.296 e. The first kappa shape index (κ1) is 25.6. The number of nitrogens with one attached hydrogen (secondary N) is 3. The predicted molar refractivity (Wildman–Crippen MR) is 129 cm³/mol. The number of benzene rings is 2. The fourth-order valence-electron chi connectivity index (χ4n) is 3.08. The number of para-hydroxylation sites is 1. The Kier molecular flexibility index (Phi) is 7.98. The van der Waals surface area contributed by atoms with E-state index in [9.17, 15) is 12.8 Å². The molecule has 1 aromatic heterocycles. The predicted octanol–water partition coefficient (Wildman–Crippen LogP) is 3.14. The van der Waals surface area contributed by atoms with Crippen LogP contribution >= 0.6 is 0 Å². The fraction of sp³-hybridized carbons (Fsp3) is 0.238. The lowest BCUT2D eigenvalue weighted by Gasteiger charge is -2.17. The molecule has 0 atom stereocenters. The number of nitrogens with two attached hydrogens (primary N) is 1. The third-order valence-electron chi connectivity index (χ3n) is 4.49. The number of anilines is 5. The Labute approximate surface area is 201 Å². The largest absolute Gasteiger partial charge is 0.493 e. The van der Waals surface area contributed by atoms with E-state index in [0.29, 0.717) is 22.9 Å². The van der Waals surface area contributed by atoms with Gasteiger partial charge in [0.1, 0.15) is 11.4 Å². The van der Waals surface area contributed by atoms with E-state index < -0.39 is 16.0 Å². The number of ether oxygens (including phenoxy) is 4. The second-order valence-electron chi connectivity index (χ2n) is 6.81. The van der Waals surface area contributed by atoms with Crippen LogP contribution in [0.1, 0.15) is 6.92 Å². The van der Waals surface area contributed by atoms with Crippen LogP contribution in [0.15, 0.2) is 36.5 Å². The first-order valence-corrected chi connectivity index (χ1v) is 11.7. The molecule has 5 N–H and O–H groups in total. The first-order chi connectivity index (χ1) is 16.7. The van der Waals surface area contributed by atoms with Crippen LogP contribution in [-0.2, 0) is 10.2 Å². The van der Waals surface area contributed by atoms with Gasteiger partial charge in [-0.1, -0.05) is 6.07 Å². The van der Waals surface area contributed by atoms with E-state index in [0.717, 1.165) is 6.20 Å². The van der Waals surface area contributed by atoms with Gasteiger partial charge >= 0.3 is 0 Å². The Morgan fingerprint density at radius 2 is 1.71 bits per heavy atom. The van der Waals surface area contributed by atoms with E-state index in [1.54, 1.807) is 25.1 Å². The molecule has 35 heavy (non-hydrogen) atoms. The van der Waals surface area contributed by atoms with Gasteiger partial charge in [0.25, 0.3) is 10.2 Å². The van der Waals surface area contributed by atoms with E-state index in [2.05, 4.69) is 25.3 Å². The molecule has 0 amide bonds. The zero-order chi connectivity index (χ0) is 25.6. The highest BCUT2D eigenvalue weighted by Gasteiger charge is 2.18. The standard InChI is InChI=1S/C21H25FN6O6S/c1-5-34-15-8-6-7-14(18(15)28-35(23,29)30)26-20-13(22)11-24-21(27-20)25-12-9-16(31-2)19(33-4)17(10-12)32-3/h6-11,28H,5H2,1-4H3,(H2,23,29,30)(H2,24,25,26,27). The Bertz CT molecular complexity index is 1280. The van der Waals surface area contributed by atoms with Crippen molar-refractivity contribution < 1.29 is 31.8 Å². The van der Waals surface area contributed by atoms with Crippen LogP contribution in [0, 0.1) is 5.82 Å². The molecule has 12 nitrogen and oxygen atoms in total. The van der Waals surface area contributed by atoms with E-state index in [4.69, 9.17) is 24.1 Å². The van der Waals surface area contributed by atoms with Gasteiger partial charge in [-0.15, -0.1) is 0 Å². The van der Waals surface area contributed by atoms with Crippen LogP contribution in [0.2, 0.25) is 0 Å². The van der Waals surface area contributed by atoms with Gasteiger partial charge in [-0.3, -0.25) is 4.72 Å². The summed E-state index contributed by atoms with van der Waals surface area (Å²) < 4.78 is 61.5. The summed E-state index contributed by atoms with van der Waals surface area (Å²) in [6.45, 7) is 1.99. The Hall–Kier alpha value is -4.04. The molecule has 0 radical (unpaired) electrons. The third kappa shape index (κ3) is 6.30. The Morgan fingerprint density at radius 3 is 2.29 bits per heavy atom. The van der Waals surface area contributed by atoms with Gasteiger partial charge in [0.2, 0.25) is 11.7 Å². The lowest BCUT2D eigenvalue weighted by atomic mass is 10.2. The molecule has 188 valence electrons. The molecule has 0 saturated heterocycles. The molecule has 14 heteroatoms. The van der Waals surface area contributed by atoms with Crippen molar-refractivity contribution in [1.82, 2.24) is 9.97 Å². The third-order valence-corrected chi connectivity index (χ3v) is 4.98. The quantitative estimate of drug-likeness (QED) is 0.303. The molecule has 0 aliphatic carbocycles. The van der Waals surface area contributed by atoms with Gasteiger partial charge in [0.15, 0.2) is 23.1 Å². The minimum absolute atomic E-state index is 0.00556. The van der Waals surface area contributed by atoms with Crippen molar-refractivity contribution in [3.63, 3.8) is 0 Å². The minimum atomic E-state index is -4.15. The molecule has 0 unspecified atom stereocenters. The molecule has 3 aromatic rings. The van der Waals surface area contributed by atoms with Crippen LogP contribution in [0.3, 0.4) is 0 Å². The van der Waals surface area contributed by atoms with Crippen molar-refractivity contribution in [2.24, 2.45) is 5.14 Å². The molecule has 0 spiro atoms. The highest BCUT2D eigenvalue weighted by atomic mass is 32.2. The van der Waals surface area contributed by atoms with E-state index >= 15 is 0 Å². The number of hydrogen-bond acceptors (Lipinski definition) is 10. The molecule has 0 aliphatic heterocycles. The number of aromatic nitrogens is 2. The zero-order valence-corrected chi connectivity index (χ0v) is 20.2. The fourth-order valence-corrected chi connectivity index (χ4v) is 3.58. The highest BCUT2D eigenvalue weighted by molar-refractivity contribution is 7.90. The summed E-state index contributed by atoms with van der Waals surface area (Å²) >= 11 is 0. The number of halogens is 1. The van der Waals surface area contributed by atoms with Crippen molar-refractivity contribution in [3.05, 3.63) is 42.3 Å². The molecule has 1 heterocycles. The number of nitrogens with zero attached hydrogens (tertiary/aromatic N) is 2. The Balaban J connectivity index is 1.97. The van der Waals surface area contributed by atoms with Crippen LogP contribution < -0.4 is 39.4 Å². The summed E-state index contributed by atoms with van der Waals surface area (Å²) in [6, 6.07) is 7.89. The van der Waals surface area contributed by atoms with E-state index in [-0.39, 0.29) is 35.5 Å². The van der Waals surface area contributed by atoms with Crippen LogP contribution in [-0.4, -0.2) is 46.3 Å². The summed E-state index contributed by atoms with van der Waals surface area (Å²) in [6.07, 6.45) is 0.953. The number of rotatable bonds is 11. The SMILES string of the molecule is CCOc1cccc(Nc2nc(Nc3cc(OC)c(OC)c(OC)c3)ncc2F)c1NS(N)(=O)=O. The summed E-state index contributed by atoms with van der Waals surface area (Å²) in [5.41, 5.74) is 0.627. The second-order valence-corrected chi connectivity index (χ2v) is 8.11. The maximum absolute atomic E-state index is 14.6. The van der Waals surface area contributed by atoms with Crippen LogP contribution in [0.5, 0.6) is 23.0 Å². The topological polar surface area (TPSA) is 159 Å². The highest BCUT2D eigenvalue weighted by Crippen LogP contribution is 2.40. The zero-order valence-electron chi connectivity index (χ0n) is 19.4. The number of hydrogen-bond donors (Lipinski definition) is 4. The van der Waals surface area contributed by atoms with Crippen LogP contribution in [0.4, 0.5) is 33.2 Å². The maximum atomic E-state index is 14.6. The summed E-state index contributed by atoms with van der Waals surface area (Å²) in [5.74, 6) is 0.376. The second kappa shape index (κ2) is 10.9. The summed E-state index contributed by atoms with van der Waals surface area (Å²) in [7, 11) is 0.273. The Morgan fingerprint density at radius 1 is 1.03 bits per heavy atom. The van der Waals surface area contributed by atoms with Gasteiger partial charge in [0.05, 0.1) is 39.8 Å². The monoisotopic (exact) mass is 508 g/mol. The molecular formula is C21H25FN6O6S. The van der Waals surface area contributed by atoms with E-state index in [1.165, 1.54) is 33.5 Å². The molecule has 0 saturated carbocycles. The summed E-state index contributed by atoms with van der Waals surface area (Å²) in [4.78, 5) is 8.11. The minimum Gasteiger partial charge on any atom is -0.493 e. The van der Waals surface area contributed by atoms with Crippen molar-refractivity contribution >= 4 is 39.0 Å². The molecule has 0 aliphatic rings. The van der Waals surface area contributed by atoms with Crippen molar-refractivity contribution in [3.8, 4) is 23.0 Å². The molecular weight excluding hydrogens is 483 g/mol. The van der Waals surface area contributed by atoms with Gasteiger partial charge < -0.3 is 29.6 Å². The molecule has 3 rings (SSSR count).